The van der Waals surface area contributed by atoms with Gasteiger partial charge in [-0.05, 0) is 6.07 Å². The van der Waals surface area contributed by atoms with Crippen molar-refractivity contribution in [2.75, 3.05) is 0 Å². The fourth-order valence-electron chi connectivity index (χ4n) is 1.40. The minimum Gasteiger partial charge on any atom is -0.296 e. The summed E-state index contributed by atoms with van der Waals surface area (Å²) in [5.41, 5.74) is 1.23. The molecule has 0 saturated heterocycles. The first-order valence-corrected chi connectivity index (χ1v) is 4.18. The van der Waals surface area contributed by atoms with Crippen LogP contribution < -0.4 is 0 Å². The van der Waals surface area contributed by atoms with Gasteiger partial charge < -0.3 is 0 Å². The maximum atomic E-state index is 10.6. The summed E-state index contributed by atoms with van der Waals surface area (Å²) in [5.74, 6) is 0. The van der Waals surface area contributed by atoms with Gasteiger partial charge in [-0.1, -0.05) is 23.7 Å². The van der Waals surface area contributed by atoms with Crippen LogP contribution in [0.15, 0.2) is 18.2 Å². The predicted octanol–water partition coefficient (Wildman–Crippen LogP) is 2.04. The third-order valence-electron chi connectivity index (χ3n) is 1.96. The maximum absolute atomic E-state index is 10.6. The number of fused-ring (bicyclic) bond motifs is 1. The van der Waals surface area contributed by atoms with Crippen molar-refractivity contribution >= 4 is 28.8 Å². The van der Waals surface area contributed by atoms with Gasteiger partial charge >= 0.3 is 0 Å². The molecule has 1 aromatic heterocycles. The zero-order valence-electron chi connectivity index (χ0n) is 6.99. The van der Waals surface area contributed by atoms with Gasteiger partial charge in [-0.15, -0.1) is 0 Å². The summed E-state index contributed by atoms with van der Waals surface area (Å²) < 4.78 is 1.61. The summed E-state index contributed by atoms with van der Waals surface area (Å²) in [4.78, 5) is 10.6. The van der Waals surface area contributed by atoms with Gasteiger partial charge in [0.15, 0.2) is 6.29 Å². The average molecular weight is 195 g/mol. The van der Waals surface area contributed by atoms with Crippen LogP contribution in [0.5, 0.6) is 0 Å². The van der Waals surface area contributed by atoms with Gasteiger partial charge in [-0.3, -0.25) is 9.48 Å². The van der Waals surface area contributed by atoms with Crippen LogP contribution in [0.3, 0.4) is 0 Å². The fraction of sp³-hybridized carbons (Fsp3) is 0.111. The Hall–Kier alpha value is -1.35. The molecule has 0 N–H and O–H groups in total. The molecular weight excluding hydrogens is 188 g/mol. The molecule has 0 radical (unpaired) electrons. The van der Waals surface area contributed by atoms with Gasteiger partial charge in [0.05, 0.1) is 10.5 Å². The van der Waals surface area contributed by atoms with Crippen LogP contribution in [0.2, 0.25) is 5.02 Å². The Balaban J connectivity index is 2.95. The molecule has 0 spiro atoms. The summed E-state index contributed by atoms with van der Waals surface area (Å²) in [6, 6.07) is 5.41. The standard InChI is InChI=1S/C9H7ClN2O/c1-12-9-6(8(5-13)11-12)3-2-4-7(9)10/h2-5H,1H3. The molecule has 4 heteroatoms. The van der Waals surface area contributed by atoms with E-state index < -0.39 is 0 Å². The van der Waals surface area contributed by atoms with Crippen LogP contribution in [0, 0.1) is 0 Å². The van der Waals surface area contributed by atoms with E-state index in [1.54, 1.807) is 23.9 Å². The van der Waals surface area contributed by atoms with Crippen molar-refractivity contribution in [3.05, 3.63) is 28.9 Å². The number of hydrogen-bond acceptors (Lipinski definition) is 2. The van der Waals surface area contributed by atoms with E-state index in [1.807, 2.05) is 6.07 Å². The van der Waals surface area contributed by atoms with Gasteiger partial charge in [0.25, 0.3) is 0 Å². The van der Waals surface area contributed by atoms with Crippen LogP contribution in [0.1, 0.15) is 10.5 Å². The van der Waals surface area contributed by atoms with E-state index in [0.29, 0.717) is 10.7 Å². The molecule has 0 aliphatic carbocycles. The second-order valence-corrected chi connectivity index (χ2v) is 3.17. The molecule has 66 valence electrons. The average Bonchev–Trinajstić information content (AvgIpc) is 2.44. The number of nitrogens with zero attached hydrogens (tertiary/aromatic N) is 2. The van der Waals surface area contributed by atoms with Crippen LogP contribution in [-0.4, -0.2) is 16.1 Å². The third kappa shape index (κ3) is 1.12. The van der Waals surface area contributed by atoms with E-state index in [1.165, 1.54) is 0 Å². The van der Waals surface area contributed by atoms with Crippen molar-refractivity contribution in [1.82, 2.24) is 9.78 Å². The first-order valence-electron chi connectivity index (χ1n) is 3.80. The quantitative estimate of drug-likeness (QED) is 0.652. The molecule has 1 heterocycles. The van der Waals surface area contributed by atoms with Crippen LogP contribution in [-0.2, 0) is 7.05 Å². The van der Waals surface area contributed by atoms with Crippen molar-refractivity contribution in [3.8, 4) is 0 Å². The number of carbonyl (C=O) groups excluding carboxylic acids is 1. The largest absolute Gasteiger partial charge is 0.296 e. The molecule has 0 fully saturated rings. The van der Waals surface area contributed by atoms with Crippen LogP contribution in [0.25, 0.3) is 10.9 Å². The highest BCUT2D eigenvalue weighted by Gasteiger charge is 2.09. The zero-order valence-corrected chi connectivity index (χ0v) is 7.75. The Morgan fingerprint density at radius 3 is 3.00 bits per heavy atom. The molecule has 1 aromatic carbocycles. The van der Waals surface area contributed by atoms with Gasteiger partial charge in [-0.25, -0.2) is 0 Å². The number of rotatable bonds is 1. The topological polar surface area (TPSA) is 34.9 Å². The number of carbonyl (C=O) groups is 1. The van der Waals surface area contributed by atoms with E-state index in [-0.39, 0.29) is 0 Å². The van der Waals surface area contributed by atoms with Crippen molar-refractivity contribution in [2.24, 2.45) is 7.05 Å². The van der Waals surface area contributed by atoms with E-state index in [4.69, 9.17) is 11.6 Å². The number of hydrogen-bond donors (Lipinski definition) is 0. The molecule has 13 heavy (non-hydrogen) atoms. The zero-order chi connectivity index (χ0) is 9.42. The van der Waals surface area contributed by atoms with Gasteiger partial charge in [-0.2, -0.15) is 5.10 Å². The summed E-state index contributed by atoms with van der Waals surface area (Å²) >= 11 is 5.96. The molecule has 0 aliphatic rings. The minimum atomic E-state index is 0.431. The summed E-state index contributed by atoms with van der Waals surface area (Å²) in [5, 5.41) is 5.44. The Bertz CT molecular complexity index is 476. The van der Waals surface area contributed by atoms with Crippen LogP contribution in [0.4, 0.5) is 0 Å². The second-order valence-electron chi connectivity index (χ2n) is 2.76. The smallest absolute Gasteiger partial charge is 0.170 e. The Morgan fingerprint density at radius 2 is 2.31 bits per heavy atom. The number of para-hydroxylation sites is 1. The third-order valence-corrected chi connectivity index (χ3v) is 2.26. The highest BCUT2D eigenvalue weighted by molar-refractivity contribution is 6.35. The molecule has 0 aliphatic heterocycles. The Morgan fingerprint density at radius 1 is 1.54 bits per heavy atom. The maximum Gasteiger partial charge on any atom is 0.170 e. The normalized spacial score (nSPS) is 10.6. The first-order chi connectivity index (χ1) is 6.24. The lowest BCUT2D eigenvalue weighted by Crippen LogP contribution is -1.90. The Kier molecular flexibility index (Phi) is 1.81. The fourth-order valence-corrected chi connectivity index (χ4v) is 1.70. The number of halogens is 1. The molecule has 2 rings (SSSR count). The molecular formula is C9H7ClN2O. The van der Waals surface area contributed by atoms with Crippen molar-refractivity contribution in [2.45, 2.75) is 0 Å². The highest BCUT2D eigenvalue weighted by Crippen LogP contribution is 2.24. The highest BCUT2D eigenvalue weighted by atomic mass is 35.5. The molecule has 0 atom stereocenters. The summed E-state index contributed by atoms with van der Waals surface area (Å²) in [6.45, 7) is 0. The molecule has 2 aromatic rings. The summed E-state index contributed by atoms with van der Waals surface area (Å²) in [7, 11) is 1.77. The molecule has 0 amide bonds. The van der Waals surface area contributed by atoms with E-state index in [9.17, 15) is 4.79 Å². The monoisotopic (exact) mass is 194 g/mol. The number of aldehydes is 1. The Labute approximate surface area is 79.9 Å². The predicted molar refractivity (Wildman–Crippen MR) is 51.1 cm³/mol. The first kappa shape index (κ1) is 8.26. The van der Waals surface area contributed by atoms with E-state index in [0.717, 1.165) is 17.2 Å². The van der Waals surface area contributed by atoms with Gasteiger partial charge in [0, 0.05) is 12.4 Å². The molecule has 3 nitrogen and oxygen atoms in total. The number of aryl methyl sites for hydroxylation is 1. The number of aromatic nitrogens is 2. The summed E-state index contributed by atoms with van der Waals surface area (Å²) in [6.07, 6.45) is 0.735. The SMILES string of the molecule is Cn1nc(C=O)c2cccc(Cl)c21. The second kappa shape index (κ2) is 2.85. The lowest BCUT2D eigenvalue weighted by molar-refractivity contribution is 0.112. The molecule has 0 bridgehead atoms. The van der Waals surface area contributed by atoms with Crippen molar-refractivity contribution in [3.63, 3.8) is 0 Å². The lowest BCUT2D eigenvalue weighted by atomic mass is 10.2. The number of benzene rings is 1. The van der Waals surface area contributed by atoms with Gasteiger partial charge in [0.1, 0.15) is 5.69 Å². The lowest BCUT2D eigenvalue weighted by Gasteiger charge is -1.95. The van der Waals surface area contributed by atoms with Gasteiger partial charge in [0.2, 0.25) is 0 Å². The van der Waals surface area contributed by atoms with Crippen LogP contribution >= 0.6 is 11.6 Å². The minimum absolute atomic E-state index is 0.431. The van der Waals surface area contributed by atoms with Crippen molar-refractivity contribution in [1.29, 1.82) is 0 Å². The van der Waals surface area contributed by atoms with E-state index in [2.05, 4.69) is 5.10 Å². The van der Waals surface area contributed by atoms with E-state index >= 15 is 0 Å². The molecule has 0 saturated carbocycles. The van der Waals surface area contributed by atoms with Crippen molar-refractivity contribution < 1.29 is 4.79 Å². The molecule has 0 unspecified atom stereocenters.